The van der Waals surface area contributed by atoms with E-state index in [0.717, 1.165) is 50.4 Å². The van der Waals surface area contributed by atoms with Crippen LogP contribution in [0.5, 0.6) is 0 Å². The monoisotopic (exact) mass is 549 g/mol. The highest BCUT2D eigenvalue weighted by molar-refractivity contribution is 5.81. The Morgan fingerprint density at radius 3 is 2.65 bits per heavy atom. The molecule has 1 aromatic carbocycles. The van der Waals surface area contributed by atoms with Crippen LogP contribution in [0.15, 0.2) is 40.4 Å². The van der Waals surface area contributed by atoms with Gasteiger partial charge in [-0.3, -0.25) is 0 Å². The highest BCUT2D eigenvalue weighted by atomic mass is 16.5. The van der Waals surface area contributed by atoms with E-state index in [1.807, 2.05) is 36.5 Å². The molecular formula is C33H51N5O2. The van der Waals surface area contributed by atoms with Crippen molar-refractivity contribution in [1.29, 1.82) is 0 Å². The van der Waals surface area contributed by atoms with E-state index in [1.165, 1.54) is 58.0 Å². The Balaban J connectivity index is 1.07. The van der Waals surface area contributed by atoms with Gasteiger partial charge in [-0.2, -0.15) is 5.10 Å². The number of aliphatic hydroxyl groups is 1. The quantitative estimate of drug-likeness (QED) is 0.238. The number of nitrogens with zero attached hydrogens (tertiary/aromatic N) is 3. The molecule has 7 nitrogen and oxygen atoms in total. The summed E-state index contributed by atoms with van der Waals surface area (Å²) in [6, 6.07) is 9.67. The molecule has 0 amide bonds. The summed E-state index contributed by atoms with van der Waals surface area (Å²) in [4.78, 5) is 6.94. The molecule has 1 heterocycles. The first-order valence-electron chi connectivity index (χ1n) is 16.1. The van der Waals surface area contributed by atoms with Crippen molar-refractivity contribution < 1.29 is 9.84 Å². The molecule has 5 aliphatic rings. The summed E-state index contributed by atoms with van der Waals surface area (Å²) >= 11 is 0. The number of fused-ring (bicyclic) bond motifs is 5. The molecule has 4 saturated carbocycles. The van der Waals surface area contributed by atoms with Crippen LogP contribution in [0.1, 0.15) is 84.5 Å². The average molecular weight is 550 g/mol. The highest BCUT2D eigenvalue weighted by Crippen LogP contribution is 2.68. The Morgan fingerprint density at radius 2 is 1.85 bits per heavy atom. The van der Waals surface area contributed by atoms with Crippen LogP contribution in [0, 0.1) is 34.5 Å². The van der Waals surface area contributed by atoms with Gasteiger partial charge in [-0.15, -0.1) is 0 Å². The van der Waals surface area contributed by atoms with Crippen LogP contribution in [-0.2, 0) is 4.74 Å². The molecule has 0 unspecified atom stereocenters. The molecule has 1 aromatic rings. The van der Waals surface area contributed by atoms with Crippen LogP contribution in [-0.4, -0.2) is 60.1 Å². The first-order chi connectivity index (χ1) is 19.3. The van der Waals surface area contributed by atoms with Crippen molar-refractivity contribution in [2.24, 2.45) is 50.3 Å². The molecule has 7 heteroatoms. The van der Waals surface area contributed by atoms with Crippen LogP contribution in [0.3, 0.4) is 0 Å². The fourth-order valence-corrected chi connectivity index (χ4v) is 9.83. The normalized spacial score (nSPS) is 42.0. The molecule has 5 fully saturated rings. The summed E-state index contributed by atoms with van der Waals surface area (Å²) in [5.74, 6) is 2.24. The molecule has 6 rings (SSSR count). The van der Waals surface area contributed by atoms with E-state index < -0.39 is 5.60 Å². The third kappa shape index (κ3) is 5.11. The molecule has 0 spiro atoms. The number of benzene rings is 1. The third-order valence-corrected chi connectivity index (χ3v) is 12.3. The second-order valence-electron chi connectivity index (χ2n) is 14.1. The minimum atomic E-state index is -0.618. The van der Waals surface area contributed by atoms with E-state index in [1.54, 1.807) is 0 Å². The molecule has 0 bridgehead atoms. The van der Waals surface area contributed by atoms with Crippen molar-refractivity contribution in [3.8, 4) is 0 Å². The van der Waals surface area contributed by atoms with Gasteiger partial charge in [0.05, 0.1) is 24.0 Å². The summed E-state index contributed by atoms with van der Waals surface area (Å²) in [6.45, 7) is 9.38. The predicted octanol–water partition coefficient (Wildman–Crippen LogP) is 5.46. The topological polar surface area (TPSA) is 95.5 Å². The number of ether oxygens (including phenoxy) is 1. The van der Waals surface area contributed by atoms with Gasteiger partial charge in [-0.05, 0) is 119 Å². The van der Waals surface area contributed by atoms with Crippen LogP contribution in [0.2, 0.25) is 0 Å². The molecule has 220 valence electrons. The molecule has 4 aliphatic carbocycles. The number of hydrogen-bond donors (Lipinski definition) is 3. The number of nitrogens with one attached hydrogen (secondary N) is 1. The van der Waals surface area contributed by atoms with Crippen molar-refractivity contribution in [3.63, 3.8) is 0 Å². The van der Waals surface area contributed by atoms with E-state index in [2.05, 4.69) is 34.3 Å². The van der Waals surface area contributed by atoms with E-state index in [4.69, 9.17) is 10.5 Å². The second-order valence-corrected chi connectivity index (χ2v) is 14.1. The first-order valence-corrected chi connectivity index (χ1v) is 16.1. The molecule has 4 N–H and O–H groups in total. The summed E-state index contributed by atoms with van der Waals surface area (Å²) in [5.41, 5.74) is 9.35. The molecule has 0 aromatic heterocycles. The predicted molar refractivity (Wildman–Crippen MR) is 161 cm³/mol. The number of aliphatic imine (C=N–C) groups is 1. The Bertz CT molecular complexity index is 1070. The van der Waals surface area contributed by atoms with E-state index in [-0.39, 0.29) is 17.3 Å². The molecule has 0 radical (unpaired) electrons. The lowest BCUT2D eigenvalue weighted by Crippen LogP contribution is -2.62. The summed E-state index contributed by atoms with van der Waals surface area (Å²) in [5, 5.41) is 17.0. The van der Waals surface area contributed by atoms with Crippen LogP contribution >= 0.6 is 0 Å². The van der Waals surface area contributed by atoms with Crippen molar-refractivity contribution in [1.82, 2.24) is 10.3 Å². The Labute approximate surface area is 241 Å². The largest absolute Gasteiger partial charge is 0.389 e. The van der Waals surface area contributed by atoms with Gasteiger partial charge in [-0.1, -0.05) is 32.0 Å². The zero-order valence-corrected chi connectivity index (χ0v) is 24.7. The fourth-order valence-electron chi connectivity index (χ4n) is 9.83. The van der Waals surface area contributed by atoms with Crippen molar-refractivity contribution in [2.45, 2.75) is 96.2 Å². The molecule has 1 saturated heterocycles. The molecule has 1 aliphatic heterocycles. The van der Waals surface area contributed by atoms with Gasteiger partial charge >= 0.3 is 0 Å². The summed E-state index contributed by atoms with van der Waals surface area (Å²) in [7, 11) is 0. The third-order valence-electron chi connectivity index (χ3n) is 12.3. The lowest BCUT2D eigenvalue weighted by Gasteiger charge is -2.63. The van der Waals surface area contributed by atoms with E-state index in [0.29, 0.717) is 23.4 Å². The van der Waals surface area contributed by atoms with Gasteiger partial charge in [0.1, 0.15) is 0 Å². The average Bonchev–Trinajstić information content (AvgIpc) is 3.55. The van der Waals surface area contributed by atoms with Crippen molar-refractivity contribution in [2.75, 3.05) is 26.2 Å². The minimum absolute atomic E-state index is 0.149. The summed E-state index contributed by atoms with van der Waals surface area (Å²) < 4.78 is 6.45. The second kappa shape index (κ2) is 11.4. The van der Waals surface area contributed by atoms with Crippen LogP contribution in [0.4, 0.5) is 5.69 Å². The van der Waals surface area contributed by atoms with Crippen molar-refractivity contribution in [3.05, 3.63) is 30.3 Å². The number of nitrogens with two attached hydrogens (primary N) is 1. The maximum atomic E-state index is 12.5. The van der Waals surface area contributed by atoms with Gasteiger partial charge in [0.15, 0.2) is 0 Å². The maximum Gasteiger partial charge on any atom is 0.214 e. The maximum absolute atomic E-state index is 12.5. The molecule has 40 heavy (non-hydrogen) atoms. The highest BCUT2D eigenvalue weighted by Gasteiger charge is 2.67. The standard InChI is InChI=1S/C33H51N5O2/c1-31-15-13-27(40-21-20-38-18-6-7-19-38)22-24(31)10-11-29-28(31)14-16-32(2)25(12-17-33(29,32)39)23-35-37-30(34)36-26-8-4-3-5-9-26/h3-5,8-9,23-25,27-29,39H,6-7,10-22H2,1-2H3,(H3,34,36,37)/b35-23+/t24-,25-,27+,28+,29-,31+,32-,33+/m1/s1. The SMILES string of the molecule is C[C@]12CC[C@H](OCCN3CCCC3)C[C@H]1CC[C@@H]1[C@@H]2CC[C@]2(C)[C@@H](/C=N/NC(N)=Nc3ccccc3)CC[C@]12O. The first kappa shape index (κ1) is 28.2. The zero-order chi connectivity index (χ0) is 27.8. The lowest BCUT2D eigenvalue weighted by molar-refractivity contribution is -0.207. The fraction of sp³-hybridized carbons (Fsp3) is 0.758. The van der Waals surface area contributed by atoms with Crippen LogP contribution < -0.4 is 11.2 Å². The molecular weight excluding hydrogens is 498 g/mol. The van der Waals surface area contributed by atoms with E-state index in [9.17, 15) is 5.11 Å². The Hall–Kier alpha value is -1.96. The Kier molecular flexibility index (Phi) is 8.01. The lowest BCUT2D eigenvalue weighted by atomic mass is 9.43. The number of rotatable bonds is 7. The number of guanidine groups is 1. The molecule has 8 atom stereocenters. The van der Waals surface area contributed by atoms with Crippen LogP contribution in [0.25, 0.3) is 0 Å². The van der Waals surface area contributed by atoms with Gasteiger partial charge in [0.2, 0.25) is 5.96 Å². The minimum Gasteiger partial charge on any atom is -0.389 e. The smallest absolute Gasteiger partial charge is 0.214 e. The Morgan fingerprint density at radius 1 is 1.05 bits per heavy atom. The van der Waals surface area contributed by atoms with E-state index >= 15 is 0 Å². The number of hydrazone groups is 1. The van der Waals surface area contributed by atoms with Gasteiger partial charge in [-0.25, -0.2) is 10.4 Å². The zero-order valence-electron chi connectivity index (χ0n) is 24.7. The number of hydrogen-bond acceptors (Lipinski definition) is 5. The number of likely N-dealkylation sites (tertiary alicyclic amines) is 1. The van der Waals surface area contributed by atoms with Crippen molar-refractivity contribution >= 4 is 17.9 Å². The number of para-hydroxylation sites is 1. The van der Waals surface area contributed by atoms with Gasteiger partial charge in [0, 0.05) is 24.1 Å². The van der Waals surface area contributed by atoms with Gasteiger partial charge < -0.3 is 20.5 Å². The van der Waals surface area contributed by atoms with Gasteiger partial charge in [0.25, 0.3) is 0 Å². The summed E-state index contributed by atoms with van der Waals surface area (Å²) in [6.07, 6.45) is 15.3.